The number of aromatic nitrogens is 3. The number of benzene rings is 1. The van der Waals surface area contributed by atoms with Gasteiger partial charge in [0, 0.05) is 30.0 Å². The molecule has 9 heteroatoms. The van der Waals surface area contributed by atoms with Crippen LogP contribution in [0.3, 0.4) is 0 Å². The van der Waals surface area contributed by atoms with Gasteiger partial charge in [0.15, 0.2) is 0 Å². The summed E-state index contributed by atoms with van der Waals surface area (Å²) in [7, 11) is 0. The number of hydrogen-bond acceptors (Lipinski definition) is 7. The number of rotatable bonds is 4. The molecule has 1 aliphatic rings. The first-order valence-corrected chi connectivity index (χ1v) is 9.78. The third-order valence-corrected chi connectivity index (χ3v) is 5.53. The highest BCUT2D eigenvalue weighted by Crippen LogP contribution is 2.39. The van der Waals surface area contributed by atoms with E-state index in [0.29, 0.717) is 11.4 Å². The number of aryl methyl sites for hydroxylation is 1. The minimum absolute atomic E-state index is 0.0773. The summed E-state index contributed by atoms with van der Waals surface area (Å²) in [4.78, 5) is 4.77. The molecule has 0 aliphatic heterocycles. The molecule has 0 spiro atoms. The normalized spacial score (nSPS) is 21.8. The Labute approximate surface area is 172 Å². The molecule has 160 valence electrons. The molecule has 1 aliphatic carbocycles. The molecule has 0 amide bonds. The zero-order valence-corrected chi connectivity index (χ0v) is 17.3. The second-order valence-corrected chi connectivity index (χ2v) is 9.11. The average molecular weight is 417 g/mol. The van der Waals surface area contributed by atoms with Gasteiger partial charge in [0.1, 0.15) is 11.3 Å². The van der Waals surface area contributed by atoms with Crippen molar-refractivity contribution >= 4 is 22.6 Å². The average Bonchev–Trinajstić information content (AvgIpc) is 3.08. The van der Waals surface area contributed by atoms with Crippen LogP contribution in [0.2, 0.25) is 0 Å². The van der Waals surface area contributed by atoms with E-state index in [1.54, 1.807) is 0 Å². The molecule has 1 saturated carbocycles. The van der Waals surface area contributed by atoms with E-state index in [9.17, 15) is 13.9 Å². The lowest BCUT2D eigenvalue weighted by Gasteiger charge is -2.42. The maximum Gasteiger partial charge on any atom is 0.316 e. The highest BCUT2D eigenvalue weighted by Gasteiger charge is 2.50. The van der Waals surface area contributed by atoms with E-state index < -0.39 is 12.0 Å². The van der Waals surface area contributed by atoms with Crippen molar-refractivity contribution in [1.29, 1.82) is 0 Å². The predicted octanol–water partition coefficient (Wildman–Crippen LogP) is 4.04. The van der Waals surface area contributed by atoms with Crippen LogP contribution in [0.1, 0.15) is 44.7 Å². The molecule has 3 aromatic rings. The maximum absolute atomic E-state index is 12.8. The second-order valence-electron chi connectivity index (χ2n) is 9.11. The van der Waals surface area contributed by atoms with Gasteiger partial charge in [-0.2, -0.15) is 0 Å². The monoisotopic (exact) mass is 417 g/mol. The molecule has 7 nitrogen and oxygen atoms in total. The summed E-state index contributed by atoms with van der Waals surface area (Å²) in [6, 6.07) is 5.45. The number of hydrogen-bond donors (Lipinski definition) is 3. The Morgan fingerprint density at radius 2 is 1.93 bits per heavy atom. The summed E-state index contributed by atoms with van der Waals surface area (Å²) >= 11 is 0. The van der Waals surface area contributed by atoms with Gasteiger partial charge in [-0.05, 0) is 41.7 Å². The highest BCUT2D eigenvalue weighted by molar-refractivity contribution is 5.90. The van der Waals surface area contributed by atoms with E-state index in [-0.39, 0.29) is 36.2 Å². The zero-order valence-electron chi connectivity index (χ0n) is 17.3. The minimum atomic E-state index is -2.77. The number of alkyl halides is 2. The zero-order chi connectivity index (χ0) is 21.8. The van der Waals surface area contributed by atoms with Gasteiger partial charge in [-0.25, -0.2) is 13.8 Å². The maximum atomic E-state index is 12.8. The SMILES string of the molecule is Cc1cc(-c2nnc(NC3CC(O)(C(F)F)C3)o2)nc2c(C(C)(C)C)cc(N)cc12. The first-order valence-electron chi connectivity index (χ1n) is 9.78. The molecule has 0 radical (unpaired) electrons. The summed E-state index contributed by atoms with van der Waals surface area (Å²) in [5.41, 5.74) is 8.00. The Morgan fingerprint density at radius 3 is 2.57 bits per heavy atom. The van der Waals surface area contributed by atoms with E-state index in [1.807, 2.05) is 25.1 Å². The number of pyridine rings is 1. The molecule has 4 rings (SSSR count). The predicted molar refractivity (Wildman–Crippen MR) is 110 cm³/mol. The van der Waals surface area contributed by atoms with Crippen molar-refractivity contribution < 1.29 is 18.3 Å². The molecule has 4 N–H and O–H groups in total. The van der Waals surface area contributed by atoms with Crippen molar-refractivity contribution in [2.24, 2.45) is 0 Å². The lowest BCUT2D eigenvalue weighted by atomic mass is 9.76. The fourth-order valence-electron chi connectivity index (χ4n) is 3.83. The van der Waals surface area contributed by atoms with Gasteiger partial charge in [0.05, 0.1) is 5.52 Å². The second kappa shape index (κ2) is 6.87. The molecule has 1 aromatic carbocycles. The molecule has 1 fully saturated rings. The Balaban J connectivity index is 1.64. The Morgan fingerprint density at radius 1 is 1.23 bits per heavy atom. The fourth-order valence-corrected chi connectivity index (χ4v) is 3.83. The molecule has 0 unspecified atom stereocenters. The quantitative estimate of drug-likeness (QED) is 0.550. The molecule has 0 atom stereocenters. The summed E-state index contributed by atoms with van der Waals surface area (Å²) in [5.74, 6) is 0.225. The van der Waals surface area contributed by atoms with E-state index in [2.05, 4.69) is 36.3 Å². The van der Waals surface area contributed by atoms with Crippen LogP contribution in [0, 0.1) is 6.92 Å². The van der Waals surface area contributed by atoms with Crippen LogP contribution in [0.15, 0.2) is 22.6 Å². The molecule has 0 bridgehead atoms. The van der Waals surface area contributed by atoms with Gasteiger partial charge in [0.2, 0.25) is 0 Å². The van der Waals surface area contributed by atoms with E-state index in [4.69, 9.17) is 15.1 Å². The summed E-state index contributed by atoms with van der Waals surface area (Å²) < 4.78 is 31.2. The van der Waals surface area contributed by atoms with Crippen molar-refractivity contribution in [2.45, 2.75) is 64.0 Å². The fraction of sp³-hybridized carbons (Fsp3) is 0.476. The van der Waals surface area contributed by atoms with Crippen LogP contribution < -0.4 is 11.1 Å². The van der Waals surface area contributed by atoms with Crippen LogP contribution >= 0.6 is 0 Å². The van der Waals surface area contributed by atoms with Gasteiger partial charge in [-0.3, -0.25) is 0 Å². The molecule has 2 heterocycles. The van der Waals surface area contributed by atoms with Crippen LogP contribution in [0.25, 0.3) is 22.5 Å². The lowest BCUT2D eigenvalue weighted by molar-refractivity contribution is -0.148. The summed E-state index contributed by atoms with van der Waals surface area (Å²) in [5, 5.41) is 21.5. The van der Waals surface area contributed by atoms with Crippen molar-refractivity contribution in [2.75, 3.05) is 11.1 Å². The van der Waals surface area contributed by atoms with Crippen molar-refractivity contribution in [3.63, 3.8) is 0 Å². The van der Waals surface area contributed by atoms with E-state index >= 15 is 0 Å². The number of nitrogens with zero attached hydrogens (tertiary/aromatic N) is 3. The van der Waals surface area contributed by atoms with Gasteiger partial charge in [0.25, 0.3) is 12.3 Å². The molecule has 30 heavy (non-hydrogen) atoms. The van der Waals surface area contributed by atoms with E-state index in [1.165, 1.54) is 0 Å². The Hall–Kier alpha value is -2.81. The van der Waals surface area contributed by atoms with E-state index in [0.717, 1.165) is 22.0 Å². The number of halogens is 2. The Kier molecular flexibility index (Phi) is 4.68. The smallest absolute Gasteiger partial charge is 0.316 e. The number of fused-ring (bicyclic) bond motifs is 1. The molecule has 2 aromatic heterocycles. The highest BCUT2D eigenvalue weighted by atomic mass is 19.3. The number of nitrogens with one attached hydrogen (secondary N) is 1. The van der Waals surface area contributed by atoms with Crippen molar-refractivity contribution in [3.8, 4) is 11.6 Å². The molecule has 0 saturated heterocycles. The standard InChI is InChI=1S/C21H25F2N5O2/c1-10-5-15(26-16-13(10)6-11(24)7-14(16)20(2,3)4)17-27-28-19(30-17)25-12-8-21(29,9-12)18(22)23/h5-7,12,18,29H,8-9,24H2,1-4H3,(H,25,28). The lowest BCUT2D eigenvalue weighted by Crippen LogP contribution is -2.55. The first kappa shape index (κ1) is 20.5. The van der Waals surface area contributed by atoms with Gasteiger partial charge < -0.3 is 20.6 Å². The van der Waals surface area contributed by atoms with Crippen LogP contribution in [-0.2, 0) is 5.41 Å². The number of aliphatic hydroxyl groups is 1. The number of nitrogens with two attached hydrogens (primary N) is 1. The summed E-state index contributed by atoms with van der Waals surface area (Å²) in [6.45, 7) is 8.25. The first-order chi connectivity index (χ1) is 14.0. The minimum Gasteiger partial charge on any atom is -0.402 e. The Bertz CT molecular complexity index is 1100. The van der Waals surface area contributed by atoms with Crippen LogP contribution in [-0.4, -0.2) is 38.4 Å². The number of anilines is 2. The molecular weight excluding hydrogens is 392 g/mol. The van der Waals surface area contributed by atoms with Crippen molar-refractivity contribution in [3.05, 3.63) is 29.3 Å². The van der Waals surface area contributed by atoms with Gasteiger partial charge >= 0.3 is 6.01 Å². The number of nitrogen functional groups attached to an aromatic ring is 1. The van der Waals surface area contributed by atoms with Crippen LogP contribution in [0.5, 0.6) is 0 Å². The third-order valence-electron chi connectivity index (χ3n) is 5.53. The summed E-state index contributed by atoms with van der Waals surface area (Å²) in [6.07, 6.45) is -2.93. The largest absolute Gasteiger partial charge is 0.402 e. The van der Waals surface area contributed by atoms with Gasteiger partial charge in [-0.1, -0.05) is 25.9 Å². The van der Waals surface area contributed by atoms with Crippen molar-refractivity contribution in [1.82, 2.24) is 15.2 Å². The molecular formula is C21H25F2N5O2. The van der Waals surface area contributed by atoms with Gasteiger partial charge in [-0.15, -0.1) is 5.10 Å². The van der Waals surface area contributed by atoms with Crippen LogP contribution in [0.4, 0.5) is 20.5 Å². The third kappa shape index (κ3) is 3.58. The topological polar surface area (TPSA) is 110 Å².